The third-order valence-electron chi connectivity index (χ3n) is 4.74. The molecule has 1 saturated heterocycles. The van der Waals surface area contributed by atoms with Crippen molar-refractivity contribution >= 4 is 12.0 Å². The molecule has 1 fully saturated rings. The smallest absolute Gasteiger partial charge is 0.416 e. The van der Waals surface area contributed by atoms with Crippen LogP contribution in [0.4, 0.5) is 4.79 Å². The Morgan fingerprint density at radius 3 is 2.27 bits per heavy atom. The monoisotopic (exact) mass is 351 g/mol. The van der Waals surface area contributed by atoms with Gasteiger partial charge >= 0.3 is 6.09 Å². The van der Waals surface area contributed by atoms with Gasteiger partial charge in [0.25, 0.3) is 0 Å². The van der Waals surface area contributed by atoms with Crippen molar-refractivity contribution in [3.05, 3.63) is 71.8 Å². The van der Waals surface area contributed by atoms with Crippen molar-refractivity contribution in [1.82, 2.24) is 4.90 Å². The molecule has 1 aliphatic rings. The van der Waals surface area contributed by atoms with E-state index in [0.717, 1.165) is 31.2 Å². The number of benzene rings is 2. The van der Waals surface area contributed by atoms with Crippen LogP contribution in [0.25, 0.3) is 0 Å². The van der Waals surface area contributed by atoms with Crippen LogP contribution in [0.2, 0.25) is 0 Å². The van der Waals surface area contributed by atoms with Gasteiger partial charge in [-0.3, -0.25) is 4.79 Å². The molecule has 3 rings (SSSR count). The summed E-state index contributed by atoms with van der Waals surface area (Å²) in [5.41, 5.74) is 2.43. The number of unbranched alkanes of at least 4 members (excludes halogenated alkanes) is 2. The van der Waals surface area contributed by atoms with E-state index in [1.54, 1.807) is 0 Å². The molecule has 1 aliphatic heterocycles. The number of aryl methyl sites for hydroxylation is 1. The lowest BCUT2D eigenvalue weighted by molar-refractivity contribution is -0.129. The maximum atomic E-state index is 12.5. The number of hydrogen-bond donors (Lipinski definition) is 0. The standard InChI is InChI=1S/C22H25NO3/c24-21(15-9-3-6-12-18-10-4-1-5-11-18)23-20(17-26-22(23)25)16-19-13-7-2-8-14-19/h1-2,4-5,7-8,10-11,13-14,20H,3,6,9,12,15-17H2/t20-/m1/s1. The second kappa shape index (κ2) is 9.18. The van der Waals surface area contributed by atoms with Crippen LogP contribution in [0, 0.1) is 0 Å². The van der Waals surface area contributed by atoms with Gasteiger partial charge in [-0.25, -0.2) is 9.69 Å². The number of nitrogens with zero attached hydrogens (tertiary/aromatic N) is 1. The molecule has 0 spiro atoms. The number of hydrogen-bond acceptors (Lipinski definition) is 3. The average Bonchev–Trinajstić information content (AvgIpc) is 3.03. The minimum atomic E-state index is -0.500. The van der Waals surface area contributed by atoms with Gasteiger partial charge in [0.05, 0.1) is 6.04 Å². The van der Waals surface area contributed by atoms with E-state index >= 15 is 0 Å². The molecule has 0 N–H and O–H groups in total. The molecule has 0 aliphatic carbocycles. The van der Waals surface area contributed by atoms with Gasteiger partial charge in [-0.15, -0.1) is 0 Å². The van der Waals surface area contributed by atoms with Gasteiger partial charge in [0.1, 0.15) is 6.61 Å². The predicted octanol–water partition coefficient (Wildman–Crippen LogP) is 4.38. The van der Waals surface area contributed by atoms with Crippen LogP contribution in [0.15, 0.2) is 60.7 Å². The van der Waals surface area contributed by atoms with Gasteiger partial charge < -0.3 is 4.74 Å². The molecular formula is C22H25NO3. The molecule has 4 nitrogen and oxygen atoms in total. The second-order valence-corrected chi connectivity index (χ2v) is 6.73. The van der Waals surface area contributed by atoms with Gasteiger partial charge in [-0.2, -0.15) is 0 Å². The van der Waals surface area contributed by atoms with Gasteiger partial charge in [0.15, 0.2) is 0 Å². The molecule has 0 aromatic heterocycles. The Bertz CT molecular complexity index is 715. The third-order valence-corrected chi connectivity index (χ3v) is 4.74. The van der Waals surface area contributed by atoms with Gasteiger partial charge in [0.2, 0.25) is 5.91 Å². The van der Waals surface area contributed by atoms with Crippen molar-refractivity contribution in [2.24, 2.45) is 0 Å². The van der Waals surface area contributed by atoms with Gasteiger partial charge in [-0.1, -0.05) is 67.1 Å². The predicted molar refractivity (Wildman–Crippen MR) is 101 cm³/mol. The molecule has 2 aromatic carbocycles. The lowest BCUT2D eigenvalue weighted by atomic mass is 10.0. The van der Waals surface area contributed by atoms with E-state index < -0.39 is 6.09 Å². The Hall–Kier alpha value is -2.62. The van der Waals surface area contributed by atoms with E-state index in [1.165, 1.54) is 10.5 Å². The van der Waals surface area contributed by atoms with Crippen molar-refractivity contribution in [3.8, 4) is 0 Å². The fraction of sp³-hybridized carbons (Fsp3) is 0.364. The van der Waals surface area contributed by atoms with Crippen molar-refractivity contribution < 1.29 is 14.3 Å². The van der Waals surface area contributed by atoms with Crippen LogP contribution < -0.4 is 0 Å². The summed E-state index contributed by atoms with van der Waals surface area (Å²) in [5, 5.41) is 0. The highest BCUT2D eigenvalue weighted by Crippen LogP contribution is 2.19. The minimum absolute atomic E-state index is 0.117. The van der Waals surface area contributed by atoms with Crippen LogP contribution in [0.1, 0.15) is 36.8 Å². The Balaban J connectivity index is 1.44. The quantitative estimate of drug-likeness (QED) is 0.663. The van der Waals surface area contributed by atoms with E-state index in [4.69, 9.17) is 4.74 Å². The van der Waals surface area contributed by atoms with Gasteiger partial charge in [-0.05, 0) is 36.8 Å². The number of amides is 2. The SMILES string of the molecule is O=C(CCCCCc1ccccc1)N1C(=O)OC[C@H]1Cc1ccccc1. The second-order valence-electron chi connectivity index (χ2n) is 6.73. The molecule has 0 bridgehead atoms. The zero-order valence-electron chi connectivity index (χ0n) is 15.0. The lowest BCUT2D eigenvalue weighted by Crippen LogP contribution is -2.40. The number of carbonyl (C=O) groups is 2. The van der Waals surface area contributed by atoms with Crippen LogP contribution in [-0.4, -0.2) is 29.5 Å². The fourth-order valence-electron chi connectivity index (χ4n) is 3.35. The van der Waals surface area contributed by atoms with Crippen LogP contribution in [0.5, 0.6) is 0 Å². The maximum absolute atomic E-state index is 12.5. The summed E-state index contributed by atoms with van der Waals surface area (Å²) in [6.07, 6.45) is 4.40. The summed E-state index contributed by atoms with van der Waals surface area (Å²) in [6.45, 7) is 0.285. The molecule has 26 heavy (non-hydrogen) atoms. The van der Waals surface area contributed by atoms with Crippen molar-refractivity contribution in [2.45, 2.75) is 44.6 Å². The number of cyclic esters (lactones) is 1. The first-order valence-electron chi connectivity index (χ1n) is 9.30. The normalized spacial score (nSPS) is 16.5. The molecule has 2 amide bonds. The molecule has 4 heteroatoms. The Morgan fingerprint density at radius 1 is 0.923 bits per heavy atom. The van der Waals surface area contributed by atoms with E-state index in [-0.39, 0.29) is 18.6 Å². The fourth-order valence-corrected chi connectivity index (χ4v) is 3.35. The van der Waals surface area contributed by atoms with E-state index in [9.17, 15) is 9.59 Å². The summed E-state index contributed by atoms with van der Waals surface area (Å²) in [7, 11) is 0. The summed E-state index contributed by atoms with van der Waals surface area (Å²) >= 11 is 0. The lowest BCUT2D eigenvalue weighted by Gasteiger charge is -2.19. The molecule has 1 heterocycles. The van der Waals surface area contributed by atoms with E-state index in [1.807, 2.05) is 48.5 Å². The zero-order chi connectivity index (χ0) is 18.2. The number of rotatable bonds is 8. The minimum Gasteiger partial charge on any atom is -0.447 e. The highest BCUT2D eigenvalue weighted by molar-refractivity contribution is 5.93. The highest BCUT2D eigenvalue weighted by atomic mass is 16.6. The average molecular weight is 351 g/mol. The zero-order valence-corrected chi connectivity index (χ0v) is 15.0. The number of imide groups is 1. The van der Waals surface area contributed by atoms with Crippen LogP contribution >= 0.6 is 0 Å². The van der Waals surface area contributed by atoms with E-state index in [2.05, 4.69) is 12.1 Å². The largest absolute Gasteiger partial charge is 0.447 e. The molecule has 0 radical (unpaired) electrons. The topological polar surface area (TPSA) is 46.6 Å². The molecule has 0 saturated carbocycles. The molecule has 2 aromatic rings. The van der Waals surface area contributed by atoms with Crippen molar-refractivity contribution in [2.75, 3.05) is 6.61 Å². The first kappa shape index (κ1) is 18.2. The molecular weight excluding hydrogens is 326 g/mol. The maximum Gasteiger partial charge on any atom is 0.416 e. The Labute approximate surface area is 154 Å². The summed E-state index contributed by atoms with van der Waals surface area (Å²) in [5.74, 6) is -0.117. The van der Waals surface area contributed by atoms with Crippen molar-refractivity contribution in [3.63, 3.8) is 0 Å². The van der Waals surface area contributed by atoms with Gasteiger partial charge in [0, 0.05) is 6.42 Å². The third kappa shape index (κ3) is 4.94. The summed E-state index contributed by atoms with van der Waals surface area (Å²) < 4.78 is 5.12. The highest BCUT2D eigenvalue weighted by Gasteiger charge is 2.37. The summed E-state index contributed by atoms with van der Waals surface area (Å²) in [6, 6.07) is 20.1. The molecule has 0 unspecified atom stereocenters. The Kier molecular flexibility index (Phi) is 6.42. The van der Waals surface area contributed by atoms with Crippen LogP contribution in [-0.2, 0) is 22.4 Å². The van der Waals surface area contributed by atoms with E-state index in [0.29, 0.717) is 12.8 Å². The molecule has 136 valence electrons. The first-order valence-corrected chi connectivity index (χ1v) is 9.30. The molecule has 1 atom stereocenters. The number of carbonyl (C=O) groups excluding carboxylic acids is 2. The summed E-state index contributed by atoms with van der Waals surface area (Å²) in [4.78, 5) is 25.8. The Morgan fingerprint density at radius 2 is 1.58 bits per heavy atom. The number of ether oxygens (including phenoxy) is 1. The van der Waals surface area contributed by atoms with Crippen LogP contribution in [0.3, 0.4) is 0 Å². The first-order chi connectivity index (χ1) is 12.7. The van der Waals surface area contributed by atoms with Crippen molar-refractivity contribution in [1.29, 1.82) is 0 Å².